The number of hydrogen-bond acceptors (Lipinski definition) is 2. The zero-order valence-electron chi connectivity index (χ0n) is 8.78. The Morgan fingerprint density at radius 2 is 2.06 bits per heavy atom. The Balaban J connectivity index is 3.04. The van der Waals surface area contributed by atoms with Gasteiger partial charge in [-0.05, 0) is 35.0 Å². The third kappa shape index (κ3) is 1.31. The van der Waals surface area contributed by atoms with E-state index in [1.165, 1.54) is 6.07 Å². The van der Waals surface area contributed by atoms with Gasteiger partial charge >= 0.3 is 5.97 Å². The van der Waals surface area contributed by atoms with E-state index in [0.717, 1.165) is 5.52 Å². The molecule has 0 saturated carbocycles. The third-order valence-electron chi connectivity index (χ3n) is 2.79. The first-order chi connectivity index (χ1) is 7.45. The van der Waals surface area contributed by atoms with Gasteiger partial charge in [-0.15, -0.1) is 0 Å². The molecule has 1 heterocycles. The highest BCUT2D eigenvalue weighted by atomic mass is 79.9. The minimum atomic E-state index is -0.991. The Labute approximate surface area is 100 Å². The smallest absolute Gasteiger partial charge is 0.338 e. The van der Waals surface area contributed by atoms with Crippen LogP contribution in [0.4, 0.5) is 0 Å². The van der Waals surface area contributed by atoms with Crippen molar-refractivity contribution >= 4 is 32.8 Å². The van der Waals surface area contributed by atoms with Crippen molar-refractivity contribution in [1.29, 1.82) is 0 Å². The first kappa shape index (κ1) is 11.0. The van der Waals surface area contributed by atoms with Crippen LogP contribution in [0.1, 0.15) is 16.1 Å². The highest BCUT2D eigenvalue weighted by molar-refractivity contribution is 9.10. The zero-order valence-corrected chi connectivity index (χ0v) is 10.4. The van der Waals surface area contributed by atoms with Gasteiger partial charge in [0, 0.05) is 18.1 Å². The number of carboxylic acid groups (broad SMARTS) is 1. The van der Waals surface area contributed by atoms with Crippen molar-refractivity contribution in [2.24, 2.45) is 7.05 Å². The molecule has 0 unspecified atom stereocenters. The molecule has 0 fully saturated rings. The van der Waals surface area contributed by atoms with Crippen molar-refractivity contribution in [2.45, 2.75) is 6.92 Å². The lowest BCUT2D eigenvalue weighted by molar-refractivity contribution is 0.0698. The molecule has 0 bridgehead atoms. The summed E-state index contributed by atoms with van der Waals surface area (Å²) >= 11 is 3.22. The minimum Gasteiger partial charge on any atom is -0.507 e. The summed E-state index contributed by atoms with van der Waals surface area (Å²) < 4.78 is 2.22. The number of aromatic nitrogens is 1. The summed E-state index contributed by atoms with van der Waals surface area (Å²) in [6.45, 7) is 1.74. The molecular formula is C11H10BrNO3. The van der Waals surface area contributed by atoms with Crippen LogP contribution in [0, 0.1) is 6.92 Å². The van der Waals surface area contributed by atoms with E-state index in [0.29, 0.717) is 15.6 Å². The minimum absolute atomic E-state index is 0.0422. The molecule has 0 aliphatic carbocycles. The number of phenols is 1. The number of fused-ring (bicyclic) bond motifs is 1. The van der Waals surface area contributed by atoms with Gasteiger partial charge in [-0.1, -0.05) is 0 Å². The number of phenolic OH excluding ortho intramolecular Hbond substituents is 1. The monoisotopic (exact) mass is 283 g/mol. The van der Waals surface area contributed by atoms with Gasteiger partial charge in [0.05, 0.1) is 15.6 Å². The molecular weight excluding hydrogens is 274 g/mol. The number of rotatable bonds is 1. The third-order valence-corrected chi connectivity index (χ3v) is 3.59. The molecule has 0 radical (unpaired) electrons. The SMILES string of the molecule is Cc1c(C(=O)O)c2c(Br)c(O)ccc2n1C. The molecule has 5 heteroatoms. The summed E-state index contributed by atoms with van der Waals surface area (Å²) in [6.07, 6.45) is 0. The Kier molecular flexibility index (Phi) is 2.42. The maximum atomic E-state index is 11.2. The van der Waals surface area contributed by atoms with Crippen LogP contribution in [-0.2, 0) is 7.05 Å². The zero-order chi connectivity index (χ0) is 12.0. The second kappa shape index (κ2) is 3.52. The van der Waals surface area contributed by atoms with Gasteiger partial charge in [0.15, 0.2) is 0 Å². The van der Waals surface area contributed by atoms with Crippen molar-refractivity contribution in [3.05, 3.63) is 27.9 Å². The molecule has 4 nitrogen and oxygen atoms in total. The number of carbonyl (C=O) groups is 1. The van der Waals surface area contributed by atoms with Crippen LogP contribution in [0.15, 0.2) is 16.6 Å². The van der Waals surface area contributed by atoms with Crippen LogP contribution in [0.3, 0.4) is 0 Å². The molecule has 1 aromatic carbocycles. The van der Waals surface area contributed by atoms with Gasteiger partial charge in [0.1, 0.15) is 5.75 Å². The van der Waals surface area contributed by atoms with Gasteiger partial charge in [0.2, 0.25) is 0 Å². The molecule has 0 spiro atoms. The van der Waals surface area contributed by atoms with Crippen molar-refractivity contribution in [3.8, 4) is 5.75 Å². The summed E-state index contributed by atoms with van der Waals surface area (Å²) in [4.78, 5) is 11.2. The first-order valence-corrected chi connectivity index (χ1v) is 5.44. The van der Waals surface area contributed by atoms with E-state index in [2.05, 4.69) is 15.9 Å². The average molecular weight is 284 g/mol. The topological polar surface area (TPSA) is 62.5 Å². The number of carboxylic acids is 1. The summed E-state index contributed by atoms with van der Waals surface area (Å²) in [5.74, 6) is -0.949. The number of halogens is 1. The molecule has 2 rings (SSSR count). The molecule has 0 atom stereocenters. The van der Waals surface area contributed by atoms with E-state index in [4.69, 9.17) is 0 Å². The van der Waals surface area contributed by atoms with Crippen molar-refractivity contribution in [3.63, 3.8) is 0 Å². The molecule has 2 aromatic rings. The number of aromatic hydroxyl groups is 1. The van der Waals surface area contributed by atoms with E-state index in [9.17, 15) is 15.0 Å². The summed E-state index contributed by atoms with van der Waals surface area (Å²) in [5, 5.41) is 19.3. The van der Waals surface area contributed by atoms with Crippen molar-refractivity contribution in [2.75, 3.05) is 0 Å². The molecule has 1 aromatic heterocycles. The van der Waals surface area contributed by atoms with Gasteiger partial charge in [-0.25, -0.2) is 4.79 Å². The molecule has 0 aliphatic heterocycles. The Bertz CT molecular complexity index is 601. The first-order valence-electron chi connectivity index (χ1n) is 4.65. The highest BCUT2D eigenvalue weighted by Crippen LogP contribution is 2.36. The largest absolute Gasteiger partial charge is 0.507 e. The van der Waals surface area contributed by atoms with E-state index in [1.54, 1.807) is 24.6 Å². The Morgan fingerprint density at radius 3 is 2.62 bits per heavy atom. The number of hydrogen-bond donors (Lipinski definition) is 2. The Morgan fingerprint density at radius 1 is 1.44 bits per heavy atom. The molecule has 0 saturated heterocycles. The van der Waals surface area contributed by atoms with Crippen LogP contribution in [-0.4, -0.2) is 20.7 Å². The van der Waals surface area contributed by atoms with E-state index >= 15 is 0 Å². The second-order valence-electron chi connectivity index (χ2n) is 3.62. The normalized spacial score (nSPS) is 10.9. The molecule has 2 N–H and O–H groups in total. The number of benzene rings is 1. The lowest BCUT2D eigenvalue weighted by Crippen LogP contribution is -1.99. The van der Waals surface area contributed by atoms with Crippen LogP contribution < -0.4 is 0 Å². The maximum Gasteiger partial charge on any atom is 0.338 e. The maximum absolute atomic E-state index is 11.2. The van der Waals surface area contributed by atoms with E-state index in [-0.39, 0.29) is 11.3 Å². The van der Waals surface area contributed by atoms with E-state index < -0.39 is 5.97 Å². The van der Waals surface area contributed by atoms with Gasteiger partial charge in [-0.3, -0.25) is 0 Å². The van der Waals surface area contributed by atoms with Crippen molar-refractivity contribution < 1.29 is 15.0 Å². The summed E-state index contributed by atoms with van der Waals surface area (Å²) in [5.41, 5.74) is 1.66. The molecule has 0 amide bonds. The van der Waals surface area contributed by atoms with Gasteiger partial charge in [0.25, 0.3) is 0 Å². The van der Waals surface area contributed by atoms with Crippen LogP contribution in [0.2, 0.25) is 0 Å². The average Bonchev–Trinajstić information content (AvgIpc) is 2.47. The standard InChI is InChI=1S/C11H10BrNO3/c1-5-8(11(15)16)9-6(13(5)2)3-4-7(14)10(9)12/h3-4,14H,1-2H3,(H,15,16). The van der Waals surface area contributed by atoms with Gasteiger partial charge < -0.3 is 14.8 Å². The molecule has 84 valence electrons. The van der Waals surface area contributed by atoms with Crippen LogP contribution >= 0.6 is 15.9 Å². The van der Waals surface area contributed by atoms with Crippen LogP contribution in [0.25, 0.3) is 10.9 Å². The summed E-state index contributed by atoms with van der Waals surface area (Å²) in [7, 11) is 1.80. The number of aryl methyl sites for hydroxylation is 1. The fraction of sp³-hybridized carbons (Fsp3) is 0.182. The van der Waals surface area contributed by atoms with E-state index in [1.807, 2.05) is 0 Å². The van der Waals surface area contributed by atoms with Crippen LogP contribution in [0.5, 0.6) is 5.75 Å². The summed E-state index contributed by atoms with van der Waals surface area (Å²) in [6, 6.07) is 3.24. The van der Waals surface area contributed by atoms with Crippen molar-refractivity contribution in [1.82, 2.24) is 4.57 Å². The highest BCUT2D eigenvalue weighted by Gasteiger charge is 2.21. The van der Waals surface area contributed by atoms with Gasteiger partial charge in [-0.2, -0.15) is 0 Å². The molecule has 16 heavy (non-hydrogen) atoms. The number of aromatic carboxylic acids is 1. The lowest BCUT2D eigenvalue weighted by atomic mass is 10.1. The Hall–Kier alpha value is -1.49. The number of nitrogens with zero attached hydrogens (tertiary/aromatic N) is 1. The molecule has 0 aliphatic rings. The fourth-order valence-corrected chi connectivity index (χ4v) is 2.40. The fourth-order valence-electron chi connectivity index (χ4n) is 1.86. The quantitative estimate of drug-likeness (QED) is 0.846. The predicted molar refractivity (Wildman–Crippen MR) is 64.0 cm³/mol. The predicted octanol–water partition coefficient (Wildman–Crippen LogP) is 2.65. The second-order valence-corrected chi connectivity index (χ2v) is 4.41. The lowest BCUT2D eigenvalue weighted by Gasteiger charge is -2.00.